The molecule has 2 rings (SSSR count). The van der Waals surface area contributed by atoms with Gasteiger partial charge in [-0.1, -0.05) is 25.1 Å². The molecule has 0 saturated heterocycles. The van der Waals surface area contributed by atoms with Gasteiger partial charge in [0, 0.05) is 23.5 Å². The van der Waals surface area contributed by atoms with E-state index in [1.165, 1.54) is 0 Å². The van der Waals surface area contributed by atoms with Crippen molar-refractivity contribution in [1.29, 1.82) is 0 Å². The molecule has 120 valence electrons. The number of H-pyrrole nitrogens is 1. The zero-order valence-corrected chi connectivity index (χ0v) is 12.3. The largest absolute Gasteiger partial charge is 0.480 e. The number of para-hydroxylation sites is 1. The number of fused-ring (bicyclic) bond motifs is 1. The number of carbonyl (C=O) groups is 2. The molecule has 0 aliphatic heterocycles. The van der Waals surface area contributed by atoms with Crippen LogP contribution in [0.2, 0.25) is 0 Å². The molecule has 7 N–H and O–H groups in total. The SMILES string of the molecule is CCC(N)C(=O)O.NC(Cc1c[nH]c2ccccc12)C(=O)O. The highest BCUT2D eigenvalue weighted by atomic mass is 16.4. The van der Waals surface area contributed by atoms with Gasteiger partial charge in [-0.15, -0.1) is 0 Å². The van der Waals surface area contributed by atoms with Gasteiger partial charge < -0.3 is 26.7 Å². The third-order valence-corrected chi connectivity index (χ3v) is 3.19. The van der Waals surface area contributed by atoms with Gasteiger partial charge in [0.25, 0.3) is 0 Å². The summed E-state index contributed by atoms with van der Waals surface area (Å²) < 4.78 is 0. The summed E-state index contributed by atoms with van der Waals surface area (Å²) >= 11 is 0. The first-order valence-electron chi connectivity index (χ1n) is 6.88. The van der Waals surface area contributed by atoms with Crippen LogP contribution in [0.3, 0.4) is 0 Å². The Morgan fingerprint density at radius 3 is 2.23 bits per heavy atom. The van der Waals surface area contributed by atoms with Crippen LogP contribution in [0.25, 0.3) is 10.9 Å². The number of nitrogens with one attached hydrogen (secondary N) is 1. The number of aromatic nitrogens is 1. The summed E-state index contributed by atoms with van der Waals surface area (Å²) in [4.78, 5) is 23.5. The van der Waals surface area contributed by atoms with E-state index in [0.717, 1.165) is 16.5 Å². The van der Waals surface area contributed by atoms with E-state index in [-0.39, 0.29) is 0 Å². The molecule has 1 aromatic carbocycles. The number of aromatic amines is 1. The van der Waals surface area contributed by atoms with Crippen molar-refractivity contribution < 1.29 is 19.8 Å². The first-order valence-corrected chi connectivity index (χ1v) is 6.88. The van der Waals surface area contributed by atoms with Crippen molar-refractivity contribution in [2.24, 2.45) is 11.5 Å². The minimum Gasteiger partial charge on any atom is -0.480 e. The van der Waals surface area contributed by atoms with Crippen molar-refractivity contribution in [1.82, 2.24) is 4.98 Å². The van der Waals surface area contributed by atoms with Gasteiger partial charge in [-0.3, -0.25) is 9.59 Å². The molecule has 0 spiro atoms. The fourth-order valence-electron chi connectivity index (χ4n) is 1.80. The number of rotatable bonds is 5. The van der Waals surface area contributed by atoms with E-state index in [1.807, 2.05) is 30.5 Å². The molecule has 0 aliphatic rings. The Hall–Kier alpha value is -2.38. The van der Waals surface area contributed by atoms with E-state index in [9.17, 15) is 9.59 Å². The normalized spacial score (nSPS) is 13.0. The highest BCUT2D eigenvalue weighted by Gasteiger charge is 2.14. The second kappa shape index (κ2) is 8.16. The number of benzene rings is 1. The summed E-state index contributed by atoms with van der Waals surface area (Å²) in [6.45, 7) is 1.73. The fraction of sp³-hybridized carbons (Fsp3) is 0.333. The van der Waals surface area contributed by atoms with E-state index >= 15 is 0 Å². The molecule has 2 aromatic rings. The van der Waals surface area contributed by atoms with Crippen molar-refractivity contribution >= 4 is 22.8 Å². The maximum absolute atomic E-state index is 10.6. The lowest BCUT2D eigenvalue weighted by Gasteiger charge is -2.04. The number of carboxylic acid groups (broad SMARTS) is 2. The zero-order valence-electron chi connectivity index (χ0n) is 12.3. The van der Waals surface area contributed by atoms with Crippen molar-refractivity contribution in [3.8, 4) is 0 Å². The summed E-state index contributed by atoms with van der Waals surface area (Å²) in [5.74, 6) is -1.90. The van der Waals surface area contributed by atoms with Crippen LogP contribution < -0.4 is 11.5 Å². The van der Waals surface area contributed by atoms with Crippen molar-refractivity contribution in [3.63, 3.8) is 0 Å². The molecule has 0 aliphatic carbocycles. The summed E-state index contributed by atoms with van der Waals surface area (Å²) in [6.07, 6.45) is 2.65. The molecule has 2 unspecified atom stereocenters. The van der Waals surface area contributed by atoms with Crippen molar-refractivity contribution in [3.05, 3.63) is 36.0 Å². The smallest absolute Gasteiger partial charge is 0.320 e. The van der Waals surface area contributed by atoms with Crippen LogP contribution in [0.15, 0.2) is 30.5 Å². The van der Waals surface area contributed by atoms with E-state index in [4.69, 9.17) is 21.7 Å². The Bertz CT molecular complexity index is 639. The van der Waals surface area contributed by atoms with Crippen molar-refractivity contribution in [2.45, 2.75) is 31.8 Å². The number of hydrogen-bond acceptors (Lipinski definition) is 4. The molecular formula is C15H21N3O4. The summed E-state index contributed by atoms with van der Waals surface area (Å²) in [7, 11) is 0. The second-order valence-electron chi connectivity index (χ2n) is 4.86. The second-order valence-corrected chi connectivity index (χ2v) is 4.86. The number of aliphatic carboxylic acids is 2. The average molecular weight is 307 g/mol. The number of hydrogen-bond donors (Lipinski definition) is 5. The monoisotopic (exact) mass is 307 g/mol. The maximum atomic E-state index is 10.6. The average Bonchev–Trinajstić information content (AvgIpc) is 2.90. The highest BCUT2D eigenvalue weighted by Crippen LogP contribution is 2.18. The van der Waals surface area contributed by atoms with Crippen LogP contribution in [0.5, 0.6) is 0 Å². The molecule has 7 heteroatoms. The number of nitrogens with two attached hydrogens (primary N) is 2. The van der Waals surface area contributed by atoms with Gasteiger partial charge in [-0.05, 0) is 18.1 Å². The molecule has 0 saturated carbocycles. The van der Waals surface area contributed by atoms with Gasteiger partial charge in [0.15, 0.2) is 0 Å². The van der Waals surface area contributed by atoms with E-state index in [0.29, 0.717) is 12.8 Å². The van der Waals surface area contributed by atoms with Crippen LogP contribution in [0.4, 0.5) is 0 Å². The molecule has 1 heterocycles. The minimum absolute atomic E-state index is 0.347. The predicted octanol–water partition coefficient (Wildman–Crippen LogP) is 0.931. The molecule has 2 atom stereocenters. The first kappa shape index (κ1) is 17.7. The first-order chi connectivity index (χ1) is 10.4. The standard InChI is InChI=1S/C11H12N2O2.C4H9NO2/c12-9(11(14)15)5-7-6-13-10-4-2-1-3-8(7)10;1-2-3(5)4(6)7/h1-4,6,9,13H,5,12H2,(H,14,15);3H,2,5H2,1H3,(H,6,7). The summed E-state index contributed by atoms with van der Waals surface area (Å²) in [5, 5.41) is 17.8. The van der Waals surface area contributed by atoms with E-state index in [1.54, 1.807) is 6.92 Å². The van der Waals surface area contributed by atoms with Gasteiger partial charge >= 0.3 is 11.9 Å². The predicted molar refractivity (Wildman–Crippen MR) is 83.5 cm³/mol. The van der Waals surface area contributed by atoms with E-state index in [2.05, 4.69) is 4.98 Å². The van der Waals surface area contributed by atoms with Crippen LogP contribution in [-0.2, 0) is 16.0 Å². The number of carboxylic acids is 2. The Morgan fingerprint density at radius 2 is 1.73 bits per heavy atom. The molecule has 7 nitrogen and oxygen atoms in total. The summed E-state index contributed by atoms with van der Waals surface area (Å²) in [6, 6.07) is 6.23. The highest BCUT2D eigenvalue weighted by molar-refractivity contribution is 5.84. The molecular weight excluding hydrogens is 286 g/mol. The van der Waals surface area contributed by atoms with Gasteiger partial charge in [0.1, 0.15) is 12.1 Å². The van der Waals surface area contributed by atoms with E-state index < -0.39 is 24.0 Å². The van der Waals surface area contributed by atoms with Crippen LogP contribution in [0, 0.1) is 0 Å². The van der Waals surface area contributed by atoms with Crippen LogP contribution in [-0.4, -0.2) is 39.2 Å². The lowest BCUT2D eigenvalue weighted by Crippen LogP contribution is -2.32. The fourth-order valence-corrected chi connectivity index (χ4v) is 1.80. The molecule has 0 amide bonds. The van der Waals surface area contributed by atoms with Crippen LogP contribution >= 0.6 is 0 Å². The van der Waals surface area contributed by atoms with Gasteiger partial charge in [0.05, 0.1) is 0 Å². The Balaban J connectivity index is 0.000000295. The molecule has 0 bridgehead atoms. The summed E-state index contributed by atoms with van der Waals surface area (Å²) in [5.41, 5.74) is 12.5. The quantitative estimate of drug-likeness (QED) is 0.556. The Kier molecular flexibility index (Phi) is 6.55. The topological polar surface area (TPSA) is 142 Å². The van der Waals surface area contributed by atoms with Crippen molar-refractivity contribution in [2.75, 3.05) is 0 Å². The lowest BCUT2D eigenvalue weighted by atomic mass is 10.1. The van der Waals surface area contributed by atoms with Gasteiger partial charge in [-0.25, -0.2) is 0 Å². The van der Waals surface area contributed by atoms with Gasteiger partial charge in [-0.2, -0.15) is 0 Å². The third-order valence-electron chi connectivity index (χ3n) is 3.19. The molecule has 22 heavy (non-hydrogen) atoms. The molecule has 0 fully saturated rings. The lowest BCUT2D eigenvalue weighted by molar-refractivity contribution is -0.139. The van der Waals surface area contributed by atoms with Gasteiger partial charge in [0.2, 0.25) is 0 Å². The zero-order chi connectivity index (χ0) is 16.7. The molecule has 1 aromatic heterocycles. The third kappa shape index (κ3) is 4.87. The minimum atomic E-state index is -0.972. The maximum Gasteiger partial charge on any atom is 0.320 e. The Labute approximate surface area is 127 Å². The molecule has 0 radical (unpaired) electrons. The Morgan fingerprint density at radius 1 is 1.14 bits per heavy atom. The van der Waals surface area contributed by atoms with Crippen LogP contribution in [0.1, 0.15) is 18.9 Å².